The van der Waals surface area contributed by atoms with Crippen molar-refractivity contribution in [2.24, 2.45) is 5.73 Å². The molecule has 0 aliphatic rings. The average Bonchev–Trinajstić information content (AvgIpc) is 2.00. The molecule has 0 heterocycles. The maximum absolute atomic E-state index is 11.0. The van der Waals surface area contributed by atoms with Gasteiger partial charge in [0.05, 0.1) is 11.0 Å². The van der Waals surface area contributed by atoms with Crippen LogP contribution in [0.5, 0.6) is 0 Å². The van der Waals surface area contributed by atoms with Gasteiger partial charge in [-0.1, -0.05) is 19.1 Å². The van der Waals surface area contributed by atoms with E-state index in [9.17, 15) is 4.79 Å². The lowest BCUT2D eigenvalue weighted by molar-refractivity contribution is 0.240. The zero-order valence-corrected chi connectivity index (χ0v) is 8.20. The third-order valence-electron chi connectivity index (χ3n) is 1.39. The highest BCUT2D eigenvalue weighted by Gasteiger charge is 2.11. The maximum atomic E-state index is 11.0. The highest BCUT2D eigenvalue weighted by atomic mass is 32.1. The van der Waals surface area contributed by atoms with Gasteiger partial charge in [0, 0.05) is 6.54 Å². The number of carbonyl (C=O) groups excluding carboxylic acids is 1. The third kappa shape index (κ3) is 4.12. The van der Waals surface area contributed by atoms with E-state index >= 15 is 0 Å². The lowest BCUT2D eigenvalue weighted by Gasteiger charge is -2.15. The van der Waals surface area contributed by atoms with Crippen molar-refractivity contribution in [2.75, 3.05) is 6.54 Å². The van der Waals surface area contributed by atoms with E-state index in [1.165, 1.54) is 0 Å². The van der Waals surface area contributed by atoms with E-state index in [0.717, 1.165) is 0 Å². The van der Waals surface area contributed by atoms with E-state index < -0.39 is 0 Å². The average molecular weight is 189 g/mol. The molecule has 0 saturated carbocycles. The van der Waals surface area contributed by atoms with E-state index in [4.69, 9.17) is 18.0 Å². The summed E-state index contributed by atoms with van der Waals surface area (Å²) in [5, 5.41) is 5.25. The fourth-order valence-corrected chi connectivity index (χ4v) is 0.970. The Morgan fingerprint density at radius 3 is 2.50 bits per heavy atom. The Balaban J connectivity index is 3.85. The van der Waals surface area contributed by atoms with E-state index in [0.29, 0.717) is 18.0 Å². The fraction of sp³-hybridized carbons (Fsp3) is 0.714. The second kappa shape index (κ2) is 5.77. The number of hydrogen-bond acceptors (Lipinski definition) is 2. The highest BCUT2D eigenvalue weighted by Crippen LogP contribution is 1.90. The number of thiocarbonyl (C=S) groups is 1. The summed E-state index contributed by atoms with van der Waals surface area (Å²) in [6.07, 6.45) is 0.715. The molecule has 70 valence electrons. The minimum absolute atomic E-state index is 0.202. The molecular formula is C7H15N3OS. The van der Waals surface area contributed by atoms with E-state index in [-0.39, 0.29) is 12.1 Å². The minimum atomic E-state index is -0.225. The Bertz CT molecular complexity index is 172. The molecule has 2 amide bonds. The van der Waals surface area contributed by atoms with Crippen molar-refractivity contribution in [1.82, 2.24) is 10.6 Å². The molecule has 0 aliphatic heterocycles. The molecule has 0 aliphatic carbocycles. The van der Waals surface area contributed by atoms with Crippen LogP contribution in [0.4, 0.5) is 4.79 Å². The summed E-state index contributed by atoms with van der Waals surface area (Å²) in [5.41, 5.74) is 5.38. The Hall–Kier alpha value is -0.840. The largest absolute Gasteiger partial charge is 0.392 e. The SMILES string of the molecule is CCNC(=O)NC(CC)C(N)=S. The van der Waals surface area contributed by atoms with Gasteiger partial charge in [0.1, 0.15) is 0 Å². The molecule has 0 bridgehead atoms. The van der Waals surface area contributed by atoms with Gasteiger partial charge in [0.15, 0.2) is 0 Å². The third-order valence-corrected chi connectivity index (χ3v) is 1.68. The van der Waals surface area contributed by atoms with Crippen LogP contribution in [-0.4, -0.2) is 23.6 Å². The molecule has 1 atom stereocenters. The van der Waals surface area contributed by atoms with Crippen molar-refractivity contribution in [3.63, 3.8) is 0 Å². The molecule has 4 nitrogen and oxygen atoms in total. The zero-order chi connectivity index (χ0) is 9.56. The standard InChI is InChI=1S/C7H15N3OS/c1-3-5(6(8)12)10-7(11)9-4-2/h5H,3-4H2,1-2H3,(H2,8,12)(H2,9,10,11). The van der Waals surface area contributed by atoms with Gasteiger partial charge < -0.3 is 16.4 Å². The van der Waals surface area contributed by atoms with Gasteiger partial charge in [-0.25, -0.2) is 4.79 Å². The van der Waals surface area contributed by atoms with Crippen LogP contribution in [0.15, 0.2) is 0 Å². The number of rotatable bonds is 4. The Kier molecular flexibility index (Phi) is 5.36. The molecule has 0 spiro atoms. The number of hydrogen-bond donors (Lipinski definition) is 3. The number of urea groups is 1. The fourth-order valence-electron chi connectivity index (χ4n) is 0.744. The highest BCUT2D eigenvalue weighted by molar-refractivity contribution is 7.80. The first kappa shape index (κ1) is 11.2. The van der Waals surface area contributed by atoms with Crippen LogP contribution in [0.2, 0.25) is 0 Å². The molecule has 4 N–H and O–H groups in total. The maximum Gasteiger partial charge on any atom is 0.315 e. The van der Waals surface area contributed by atoms with Gasteiger partial charge in [-0.2, -0.15) is 0 Å². The van der Waals surface area contributed by atoms with Crippen LogP contribution in [0.1, 0.15) is 20.3 Å². The number of nitrogens with two attached hydrogens (primary N) is 1. The predicted octanol–water partition coefficient (Wildman–Crippen LogP) is 0.370. The van der Waals surface area contributed by atoms with E-state index in [1.807, 2.05) is 13.8 Å². The monoisotopic (exact) mass is 189 g/mol. The summed E-state index contributed by atoms with van der Waals surface area (Å²) in [6.45, 7) is 4.36. The number of nitrogens with one attached hydrogen (secondary N) is 2. The zero-order valence-electron chi connectivity index (χ0n) is 7.39. The minimum Gasteiger partial charge on any atom is -0.392 e. The molecule has 0 radical (unpaired) electrons. The van der Waals surface area contributed by atoms with Gasteiger partial charge >= 0.3 is 6.03 Å². The summed E-state index contributed by atoms with van der Waals surface area (Å²) in [7, 11) is 0. The Morgan fingerprint density at radius 1 is 1.58 bits per heavy atom. The summed E-state index contributed by atoms with van der Waals surface area (Å²) >= 11 is 4.75. The molecule has 0 aromatic carbocycles. The first-order valence-electron chi connectivity index (χ1n) is 3.95. The van der Waals surface area contributed by atoms with Crippen LogP contribution in [-0.2, 0) is 0 Å². The predicted molar refractivity (Wildman–Crippen MR) is 53.1 cm³/mol. The van der Waals surface area contributed by atoms with Gasteiger partial charge in [-0.3, -0.25) is 0 Å². The molecule has 0 aromatic rings. The Morgan fingerprint density at radius 2 is 2.17 bits per heavy atom. The second-order valence-electron chi connectivity index (χ2n) is 2.37. The second-order valence-corrected chi connectivity index (χ2v) is 2.84. The molecule has 1 unspecified atom stereocenters. The molecule has 0 aromatic heterocycles. The topological polar surface area (TPSA) is 67.2 Å². The van der Waals surface area contributed by atoms with E-state index in [1.54, 1.807) is 0 Å². The summed E-state index contributed by atoms with van der Waals surface area (Å²) in [5.74, 6) is 0. The van der Waals surface area contributed by atoms with Gasteiger partial charge in [-0.15, -0.1) is 0 Å². The van der Waals surface area contributed by atoms with Gasteiger partial charge in [-0.05, 0) is 13.3 Å². The molecule has 5 heteroatoms. The molecule has 12 heavy (non-hydrogen) atoms. The van der Waals surface area contributed by atoms with Crippen LogP contribution < -0.4 is 16.4 Å². The van der Waals surface area contributed by atoms with Crippen molar-refractivity contribution in [3.05, 3.63) is 0 Å². The summed E-state index contributed by atoms with van der Waals surface area (Å²) in [4.78, 5) is 11.3. The van der Waals surface area contributed by atoms with Crippen molar-refractivity contribution >= 4 is 23.2 Å². The Labute approximate surface area is 77.9 Å². The lowest BCUT2D eigenvalue weighted by Crippen LogP contribution is -2.47. The normalized spacial score (nSPS) is 11.8. The van der Waals surface area contributed by atoms with Crippen molar-refractivity contribution < 1.29 is 4.79 Å². The van der Waals surface area contributed by atoms with Crippen molar-refractivity contribution in [1.29, 1.82) is 0 Å². The van der Waals surface area contributed by atoms with Crippen molar-refractivity contribution in [2.45, 2.75) is 26.3 Å². The quantitative estimate of drug-likeness (QED) is 0.560. The van der Waals surface area contributed by atoms with Crippen LogP contribution in [0.3, 0.4) is 0 Å². The molecule has 0 saturated heterocycles. The first-order valence-corrected chi connectivity index (χ1v) is 4.36. The number of amides is 2. The van der Waals surface area contributed by atoms with Crippen LogP contribution in [0, 0.1) is 0 Å². The van der Waals surface area contributed by atoms with Gasteiger partial charge in [0.2, 0.25) is 0 Å². The van der Waals surface area contributed by atoms with Crippen LogP contribution in [0.25, 0.3) is 0 Å². The molecule has 0 fully saturated rings. The first-order chi connectivity index (χ1) is 5.61. The summed E-state index contributed by atoms with van der Waals surface area (Å²) < 4.78 is 0. The summed E-state index contributed by atoms with van der Waals surface area (Å²) in [6, 6.07) is -0.427. The smallest absolute Gasteiger partial charge is 0.315 e. The van der Waals surface area contributed by atoms with Crippen LogP contribution >= 0.6 is 12.2 Å². The molecule has 0 rings (SSSR count). The lowest BCUT2D eigenvalue weighted by atomic mass is 10.2. The molecular weight excluding hydrogens is 174 g/mol. The number of carbonyl (C=O) groups is 1. The van der Waals surface area contributed by atoms with Crippen molar-refractivity contribution in [3.8, 4) is 0 Å². The van der Waals surface area contributed by atoms with E-state index in [2.05, 4.69) is 10.6 Å². The van der Waals surface area contributed by atoms with Gasteiger partial charge in [0.25, 0.3) is 0 Å².